The Kier molecular flexibility index (Phi) is 3.36. The van der Waals surface area contributed by atoms with Gasteiger partial charge in [-0.05, 0) is 12.1 Å². The maximum atomic E-state index is 13.3. The lowest BCUT2D eigenvalue weighted by molar-refractivity contribution is -0.137. The highest BCUT2D eigenvalue weighted by atomic mass is 19.4. The number of nitrogens with zero attached hydrogens (tertiary/aromatic N) is 1. The highest BCUT2D eigenvalue weighted by molar-refractivity contribution is 5.83. The molecule has 0 bridgehead atoms. The Morgan fingerprint density at radius 2 is 2.00 bits per heavy atom. The summed E-state index contributed by atoms with van der Waals surface area (Å²) < 4.78 is 54.9. The van der Waals surface area contributed by atoms with Crippen molar-refractivity contribution in [3.8, 4) is 5.75 Å². The minimum absolute atomic E-state index is 0.224. The molecule has 0 fully saturated rings. The van der Waals surface area contributed by atoms with Crippen LogP contribution in [0.15, 0.2) is 17.2 Å². The monoisotopic (exact) mass is 236 g/mol. The van der Waals surface area contributed by atoms with Crippen molar-refractivity contribution in [1.82, 2.24) is 0 Å². The molecule has 0 saturated carbocycles. The van der Waals surface area contributed by atoms with Gasteiger partial charge >= 0.3 is 6.18 Å². The maximum absolute atomic E-state index is 13.3. The zero-order valence-corrected chi connectivity index (χ0v) is 8.18. The number of nitrogens with two attached hydrogens (primary N) is 1. The smallest absolute Gasteiger partial charge is 0.416 e. The van der Waals surface area contributed by atoms with Crippen LogP contribution in [0.5, 0.6) is 5.75 Å². The van der Waals surface area contributed by atoms with E-state index in [1.807, 2.05) is 0 Å². The normalized spacial score (nSPS) is 12.1. The average Bonchev–Trinajstić information content (AvgIpc) is 2.19. The topological polar surface area (TPSA) is 47.6 Å². The van der Waals surface area contributed by atoms with Gasteiger partial charge in [-0.3, -0.25) is 0 Å². The third-order valence-corrected chi connectivity index (χ3v) is 1.84. The van der Waals surface area contributed by atoms with Gasteiger partial charge in [0.2, 0.25) is 0 Å². The van der Waals surface area contributed by atoms with Gasteiger partial charge in [-0.1, -0.05) is 0 Å². The summed E-state index contributed by atoms with van der Waals surface area (Å²) in [6.07, 6.45) is -3.75. The van der Waals surface area contributed by atoms with Crippen LogP contribution in [0.25, 0.3) is 0 Å². The molecule has 0 saturated heterocycles. The van der Waals surface area contributed by atoms with E-state index < -0.39 is 17.6 Å². The number of methoxy groups -OCH3 is 1. The van der Waals surface area contributed by atoms with Gasteiger partial charge in [0.15, 0.2) is 0 Å². The van der Waals surface area contributed by atoms with Gasteiger partial charge in [0.1, 0.15) is 11.6 Å². The van der Waals surface area contributed by atoms with E-state index in [9.17, 15) is 17.6 Å². The molecular formula is C9H8F4N2O. The third kappa shape index (κ3) is 2.41. The van der Waals surface area contributed by atoms with E-state index >= 15 is 0 Å². The SMILES string of the molecule is COc1cc(C(F)(F)F)cc(F)c1C=NN. The number of ether oxygens (including phenoxy) is 1. The first-order chi connectivity index (χ1) is 7.40. The van der Waals surface area contributed by atoms with Crippen molar-refractivity contribution >= 4 is 6.21 Å². The summed E-state index contributed by atoms with van der Waals surface area (Å²) in [6, 6.07) is 1.04. The van der Waals surface area contributed by atoms with Crippen molar-refractivity contribution in [3.63, 3.8) is 0 Å². The number of alkyl halides is 3. The van der Waals surface area contributed by atoms with E-state index in [4.69, 9.17) is 5.84 Å². The second-order valence-electron chi connectivity index (χ2n) is 2.85. The molecule has 0 aromatic heterocycles. The first-order valence-electron chi connectivity index (χ1n) is 4.08. The molecule has 1 aromatic rings. The van der Waals surface area contributed by atoms with Crippen LogP contribution >= 0.6 is 0 Å². The van der Waals surface area contributed by atoms with Crippen LogP contribution in [-0.2, 0) is 6.18 Å². The highest BCUT2D eigenvalue weighted by Gasteiger charge is 2.32. The Morgan fingerprint density at radius 3 is 2.44 bits per heavy atom. The van der Waals surface area contributed by atoms with E-state index in [2.05, 4.69) is 9.84 Å². The lowest BCUT2D eigenvalue weighted by Crippen LogP contribution is -2.08. The van der Waals surface area contributed by atoms with Gasteiger partial charge in [0.25, 0.3) is 0 Å². The van der Waals surface area contributed by atoms with Crippen LogP contribution in [0.1, 0.15) is 11.1 Å². The van der Waals surface area contributed by atoms with Gasteiger partial charge in [0, 0.05) is 0 Å². The number of rotatable bonds is 2. The second-order valence-corrected chi connectivity index (χ2v) is 2.85. The first-order valence-corrected chi connectivity index (χ1v) is 4.08. The summed E-state index contributed by atoms with van der Waals surface area (Å²) in [7, 11) is 1.13. The number of benzene rings is 1. The summed E-state index contributed by atoms with van der Waals surface area (Å²) in [5.41, 5.74) is -1.35. The van der Waals surface area contributed by atoms with Crippen molar-refractivity contribution in [2.24, 2.45) is 10.9 Å². The molecule has 88 valence electrons. The van der Waals surface area contributed by atoms with Crippen LogP contribution in [-0.4, -0.2) is 13.3 Å². The lowest BCUT2D eigenvalue weighted by atomic mass is 10.1. The van der Waals surface area contributed by atoms with Crippen molar-refractivity contribution in [1.29, 1.82) is 0 Å². The Morgan fingerprint density at radius 1 is 1.38 bits per heavy atom. The number of hydrogen-bond donors (Lipinski definition) is 1. The van der Waals surface area contributed by atoms with E-state index in [1.165, 1.54) is 0 Å². The molecule has 0 aliphatic carbocycles. The molecule has 0 radical (unpaired) electrons. The van der Waals surface area contributed by atoms with Gasteiger partial charge in [-0.25, -0.2) is 4.39 Å². The number of hydrogen-bond acceptors (Lipinski definition) is 3. The number of halogens is 4. The van der Waals surface area contributed by atoms with Crippen LogP contribution in [0, 0.1) is 5.82 Å². The molecule has 2 N–H and O–H groups in total. The van der Waals surface area contributed by atoms with E-state index in [0.717, 1.165) is 13.3 Å². The molecule has 0 amide bonds. The molecule has 0 aliphatic rings. The Bertz CT molecular complexity index is 415. The van der Waals surface area contributed by atoms with Crippen LogP contribution < -0.4 is 10.6 Å². The molecule has 3 nitrogen and oxygen atoms in total. The third-order valence-electron chi connectivity index (χ3n) is 1.84. The molecule has 1 rings (SSSR count). The molecule has 1 aromatic carbocycles. The largest absolute Gasteiger partial charge is 0.496 e. The van der Waals surface area contributed by atoms with Crippen LogP contribution in [0.4, 0.5) is 17.6 Å². The van der Waals surface area contributed by atoms with E-state index in [-0.39, 0.29) is 11.3 Å². The van der Waals surface area contributed by atoms with Gasteiger partial charge in [-0.2, -0.15) is 18.3 Å². The first kappa shape index (κ1) is 12.3. The van der Waals surface area contributed by atoms with E-state index in [0.29, 0.717) is 12.1 Å². The molecule has 0 heterocycles. The molecular weight excluding hydrogens is 228 g/mol. The molecule has 7 heteroatoms. The second kappa shape index (κ2) is 4.38. The maximum Gasteiger partial charge on any atom is 0.416 e. The molecule has 16 heavy (non-hydrogen) atoms. The summed E-state index contributed by atoms with van der Waals surface area (Å²) in [5, 5.41) is 3.04. The fourth-order valence-corrected chi connectivity index (χ4v) is 1.12. The summed E-state index contributed by atoms with van der Waals surface area (Å²) in [5.74, 6) is 3.43. The zero-order chi connectivity index (χ0) is 12.3. The number of hydrazone groups is 1. The van der Waals surface area contributed by atoms with Gasteiger partial charge in [0.05, 0.1) is 24.5 Å². The van der Waals surface area contributed by atoms with Crippen molar-refractivity contribution in [3.05, 3.63) is 29.1 Å². The van der Waals surface area contributed by atoms with E-state index in [1.54, 1.807) is 0 Å². The fourth-order valence-electron chi connectivity index (χ4n) is 1.12. The van der Waals surface area contributed by atoms with Crippen molar-refractivity contribution < 1.29 is 22.3 Å². The minimum Gasteiger partial charge on any atom is -0.496 e. The summed E-state index contributed by atoms with van der Waals surface area (Å²) in [4.78, 5) is 0. The van der Waals surface area contributed by atoms with Crippen molar-refractivity contribution in [2.75, 3.05) is 7.11 Å². The fraction of sp³-hybridized carbons (Fsp3) is 0.222. The Balaban J connectivity index is 3.38. The average molecular weight is 236 g/mol. The van der Waals surface area contributed by atoms with Gasteiger partial charge in [-0.15, -0.1) is 0 Å². The van der Waals surface area contributed by atoms with Gasteiger partial charge < -0.3 is 10.6 Å². The quantitative estimate of drug-likeness (QED) is 0.370. The Labute approximate surface area is 88.5 Å². The summed E-state index contributed by atoms with van der Waals surface area (Å²) in [6.45, 7) is 0. The van der Waals surface area contributed by atoms with Crippen LogP contribution in [0.2, 0.25) is 0 Å². The Hall–Kier alpha value is -1.79. The predicted octanol–water partition coefficient (Wildman–Crippen LogP) is 2.15. The lowest BCUT2D eigenvalue weighted by Gasteiger charge is -2.11. The molecule has 0 spiro atoms. The van der Waals surface area contributed by atoms with Crippen LogP contribution in [0.3, 0.4) is 0 Å². The summed E-state index contributed by atoms with van der Waals surface area (Å²) >= 11 is 0. The predicted molar refractivity (Wildman–Crippen MR) is 49.7 cm³/mol. The van der Waals surface area contributed by atoms with Crippen molar-refractivity contribution in [2.45, 2.75) is 6.18 Å². The minimum atomic E-state index is -4.63. The molecule has 0 aliphatic heterocycles. The zero-order valence-electron chi connectivity index (χ0n) is 8.18. The molecule has 0 atom stereocenters. The highest BCUT2D eigenvalue weighted by Crippen LogP contribution is 2.33. The molecule has 0 unspecified atom stereocenters. The standard InChI is InChI=1S/C9H8F4N2O/c1-16-8-3-5(9(11,12)13)2-7(10)6(8)4-15-14/h2-4H,14H2,1H3.